The molecule has 0 atom stereocenters. The van der Waals surface area contributed by atoms with Crippen molar-refractivity contribution in [2.24, 2.45) is 5.73 Å². The van der Waals surface area contributed by atoms with Crippen molar-refractivity contribution in [1.29, 1.82) is 0 Å². The molecule has 2 aromatic carbocycles. The van der Waals surface area contributed by atoms with Gasteiger partial charge in [-0.15, -0.1) is 11.8 Å². The minimum absolute atomic E-state index is 0.0232. The van der Waals surface area contributed by atoms with Gasteiger partial charge >= 0.3 is 0 Å². The van der Waals surface area contributed by atoms with Crippen LogP contribution in [-0.2, 0) is 11.2 Å². The average molecular weight is 508 g/mol. The fourth-order valence-corrected chi connectivity index (χ4v) is 5.47. The topological polar surface area (TPSA) is 102 Å². The maximum Gasteiger partial charge on any atom is 0.277 e. The molecule has 1 saturated heterocycles. The molecule has 2 aliphatic heterocycles. The van der Waals surface area contributed by atoms with Crippen LogP contribution in [0.2, 0.25) is 0 Å². The first kappa shape index (κ1) is 24.1. The number of piperidine rings is 1. The molecular formula is C26H26FN5O3S. The second kappa shape index (κ2) is 9.77. The average Bonchev–Trinajstić information content (AvgIpc) is 3.27. The number of amides is 3. The highest BCUT2D eigenvalue weighted by atomic mass is 32.2. The number of primary amides is 1. The van der Waals surface area contributed by atoms with E-state index < -0.39 is 17.6 Å². The van der Waals surface area contributed by atoms with Gasteiger partial charge in [0, 0.05) is 41.3 Å². The van der Waals surface area contributed by atoms with Crippen LogP contribution in [0.5, 0.6) is 0 Å². The van der Waals surface area contributed by atoms with Gasteiger partial charge in [0.15, 0.2) is 5.69 Å². The van der Waals surface area contributed by atoms with E-state index in [1.165, 1.54) is 22.5 Å². The molecule has 0 radical (unpaired) electrons. The summed E-state index contributed by atoms with van der Waals surface area (Å²) in [6, 6.07) is 11.9. The first-order valence-corrected chi connectivity index (χ1v) is 12.9. The summed E-state index contributed by atoms with van der Waals surface area (Å²) in [5.41, 5.74) is 7.62. The predicted octanol–water partition coefficient (Wildman–Crippen LogP) is 3.94. The molecule has 5 rings (SSSR count). The van der Waals surface area contributed by atoms with Crippen molar-refractivity contribution in [3.05, 3.63) is 65.2 Å². The van der Waals surface area contributed by atoms with E-state index in [2.05, 4.69) is 5.10 Å². The summed E-state index contributed by atoms with van der Waals surface area (Å²) in [6.45, 7) is 2.98. The van der Waals surface area contributed by atoms with E-state index in [1.807, 2.05) is 19.1 Å². The Balaban J connectivity index is 1.53. The summed E-state index contributed by atoms with van der Waals surface area (Å²) >= 11 is 1.53. The third-order valence-corrected chi connectivity index (χ3v) is 7.38. The highest BCUT2D eigenvalue weighted by Gasteiger charge is 2.35. The maximum atomic E-state index is 14.9. The zero-order chi connectivity index (χ0) is 25.4. The number of anilines is 2. The van der Waals surface area contributed by atoms with E-state index in [9.17, 15) is 18.8 Å². The number of fused-ring (bicyclic) bond motifs is 1. The molecule has 186 valence electrons. The number of nitrogens with two attached hydrogens (primary N) is 1. The number of benzene rings is 2. The van der Waals surface area contributed by atoms with Crippen LogP contribution in [0.15, 0.2) is 47.4 Å². The molecule has 3 amide bonds. The van der Waals surface area contributed by atoms with E-state index in [-0.39, 0.29) is 23.0 Å². The van der Waals surface area contributed by atoms with Gasteiger partial charge in [-0.1, -0.05) is 6.92 Å². The predicted molar refractivity (Wildman–Crippen MR) is 136 cm³/mol. The number of carbonyl (C=O) groups is 3. The van der Waals surface area contributed by atoms with Gasteiger partial charge < -0.3 is 15.5 Å². The summed E-state index contributed by atoms with van der Waals surface area (Å²) in [5.74, 6) is -0.828. The first-order valence-electron chi connectivity index (χ1n) is 12.0. The molecule has 0 spiro atoms. The number of thioether (sulfide) groups is 1. The molecular weight excluding hydrogens is 481 g/mol. The van der Waals surface area contributed by atoms with E-state index in [0.717, 1.165) is 29.2 Å². The number of hydrogen-bond donors (Lipinski definition) is 1. The second-order valence-electron chi connectivity index (χ2n) is 8.72. The Morgan fingerprint density at radius 3 is 2.42 bits per heavy atom. The van der Waals surface area contributed by atoms with Gasteiger partial charge in [0.1, 0.15) is 17.2 Å². The Kier molecular flexibility index (Phi) is 6.53. The minimum atomic E-state index is -0.763. The summed E-state index contributed by atoms with van der Waals surface area (Å²) < 4.78 is 16.1. The lowest BCUT2D eigenvalue weighted by Crippen LogP contribution is -2.39. The number of nitrogens with zero attached hydrogens (tertiary/aromatic N) is 4. The lowest BCUT2D eigenvalue weighted by Gasteiger charge is -2.29. The molecule has 2 aliphatic rings. The fourth-order valence-electron chi connectivity index (χ4n) is 4.78. The van der Waals surface area contributed by atoms with Crippen LogP contribution < -0.4 is 15.5 Å². The zero-order valence-electron chi connectivity index (χ0n) is 19.9. The Morgan fingerprint density at radius 2 is 1.75 bits per heavy atom. The third kappa shape index (κ3) is 4.26. The van der Waals surface area contributed by atoms with Crippen LogP contribution >= 0.6 is 11.8 Å². The van der Waals surface area contributed by atoms with Crippen molar-refractivity contribution in [3.63, 3.8) is 0 Å². The van der Waals surface area contributed by atoms with Crippen molar-refractivity contribution in [2.75, 3.05) is 28.6 Å². The van der Waals surface area contributed by atoms with Crippen molar-refractivity contribution in [3.8, 4) is 5.69 Å². The van der Waals surface area contributed by atoms with Crippen LogP contribution in [0.25, 0.3) is 5.69 Å². The van der Waals surface area contributed by atoms with Crippen molar-refractivity contribution >= 4 is 40.9 Å². The van der Waals surface area contributed by atoms with Crippen LogP contribution in [0.3, 0.4) is 0 Å². The molecule has 3 heterocycles. The number of carbonyl (C=O) groups excluding carboxylic acids is 3. The Hall–Kier alpha value is -3.66. The molecule has 3 aromatic rings. The summed E-state index contributed by atoms with van der Waals surface area (Å²) in [7, 11) is 0. The number of halogens is 1. The van der Waals surface area contributed by atoms with Gasteiger partial charge in [-0.05, 0) is 67.5 Å². The smallest absolute Gasteiger partial charge is 0.277 e. The van der Waals surface area contributed by atoms with Gasteiger partial charge in [0.2, 0.25) is 5.91 Å². The summed E-state index contributed by atoms with van der Waals surface area (Å²) in [6.07, 6.45) is 2.74. The Labute approximate surface area is 212 Å². The molecule has 10 heteroatoms. The van der Waals surface area contributed by atoms with Crippen molar-refractivity contribution in [1.82, 2.24) is 9.78 Å². The largest absolute Gasteiger partial charge is 0.364 e. The monoisotopic (exact) mass is 507 g/mol. The zero-order valence-corrected chi connectivity index (χ0v) is 20.7. The number of rotatable bonds is 6. The molecule has 1 aromatic heterocycles. The lowest BCUT2D eigenvalue weighted by molar-refractivity contribution is -0.119. The van der Waals surface area contributed by atoms with Gasteiger partial charge in [-0.2, -0.15) is 5.10 Å². The summed E-state index contributed by atoms with van der Waals surface area (Å²) in [4.78, 5) is 42.3. The van der Waals surface area contributed by atoms with Crippen molar-refractivity contribution in [2.45, 2.75) is 37.5 Å². The molecule has 0 bridgehead atoms. The van der Waals surface area contributed by atoms with Crippen LogP contribution in [-0.4, -0.2) is 46.3 Å². The molecule has 8 nitrogen and oxygen atoms in total. The Morgan fingerprint density at radius 1 is 1.03 bits per heavy atom. The first-order chi connectivity index (χ1) is 17.4. The van der Waals surface area contributed by atoms with Gasteiger partial charge in [0.25, 0.3) is 11.8 Å². The minimum Gasteiger partial charge on any atom is -0.364 e. The molecule has 0 unspecified atom stereocenters. The molecule has 36 heavy (non-hydrogen) atoms. The SMILES string of the molecule is CCSc1ccc(F)c(-n2nc(C(N)=O)c3c2C(=O)N(c2ccc(N4CCCCC4=O)cc2)CC3)c1. The van der Waals surface area contributed by atoms with Gasteiger partial charge in [-0.3, -0.25) is 14.4 Å². The number of hydrogen-bond acceptors (Lipinski definition) is 5. The summed E-state index contributed by atoms with van der Waals surface area (Å²) in [5, 5.41) is 4.29. The second-order valence-corrected chi connectivity index (χ2v) is 10.1. The number of aromatic nitrogens is 2. The van der Waals surface area contributed by atoms with Crippen LogP contribution in [0, 0.1) is 5.82 Å². The lowest BCUT2D eigenvalue weighted by atomic mass is 10.0. The highest BCUT2D eigenvalue weighted by molar-refractivity contribution is 7.99. The molecule has 0 saturated carbocycles. The van der Waals surface area contributed by atoms with Gasteiger partial charge in [0.05, 0.1) is 0 Å². The van der Waals surface area contributed by atoms with E-state index in [1.54, 1.807) is 34.1 Å². The van der Waals surface area contributed by atoms with E-state index >= 15 is 0 Å². The highest BCUT2D eigenvalue weighted by Crippen LogP contribution is 2.32. The standard InChI is InChI=1S/C26H26FN5O3S/c1-2-36-18-10-11-20(27)21(15-18)32-24-19(23(29-32)25(28)34)12-14-31(26(24)35)17-8-6-16(7-9-17)30-13-4-3-5-22(30)33/h6-11,15H,2-5,12-14H2,1H3,(H2,28,34). The normalized spacial score (nSPS) is 15.8. The third-order valence-electron chi connectivity index (χ3n) is 6.50. The van der Waals surface area contributed by atoms with Gasteiger partial charge in [-0.25, -0.2) is 9.07 Å². The van der Waals surface area contributed by atoms with Crippen LogP contribution in [0.1, 0.15) is 52.7 Å². The van der Waals surface area contributed by atoms with E-state index in [0.29, 0.717) is 37.2 Å². The van der Waals surface area contributed by atoms with Crippen LogP contribution in [0.4, 0.5) is 15.8 Å². The maximum absolute atomic E-state index is 14.9. The quantitative estimate of drug-likeness (QED) is 0.509. The molecule has 0 aliphatic carbocycles. The van der Waals surface area contributed by atoms with Crippen molar-refractivity contribution < 1.29 is 18.8 Å². The molecule has 2 N–H and O–H groups in total. The van der Waals surface area contributed by atoms with E-state index in [4.69, 9.17) is 5.73 Å². The fraction of sp³-hybridized carbons (Fsp3) is 0.308. The Bertz CT molecular complexity index is 1350. The molecule has 1 fully saturated rings.